The van der Waals surface area contributed by atoms with Gasteiger partial charge in [-0.25, -0.2) is 4.79 Å². The van der Waals surface area contributed by atoms with Crippen LogP contribution in [0.5, 0.6) is 17.2 Å². The SMILES string of the molecule is CCN(CC)C(=O)[C@@H](OC(=O)c1cc(OC)c(OC)cc1OC)c1ccccc1. The monoisotopic (exact) mass is 401 g/mol. The summed E-state index contributed by atoms with van der Waals surface area (Å²) in [5, 5.41) is 0. The Balaban J connectivity index is 2.43. The Hall–Kier alpha value is -3.22. The van der Waals surface area contributed by atoms with Gasteiger partial charge in [-0.05, 0) is 13.8 Å². The summed E-state index contributed by atoms with van der Waals surface area (Å²) in [6, 6.07) is 12.0. The third kappa shape index (κ3) is 4.99. The molecule has 2 aromatic rings. The molecule has 0 bridgehead atoms. The van der Waals surface area contributed by atoms with Crippen molar-refractivity contribution < 1.29 is 28.5 Å². The Morgan fingerprint density at radius 3 is 1.93 bits per heavy atom. The van der Waals surface area contributed by atoms with Crippen LogP contribution in [0.2, 0.25) is 0 Å². The molecule has 1 amide bonds. The predicted molar refractivity (Wildman–Crippen MR) is 109 cm³/mol. The molecule has 0 saturated heterocycles. The maximum absolute atomic E-state index is 13.0. The van der Waals surface area contributed by atoms with Crippen LogP contribution in [0.1, 0.15) is 35.9 Å². The molecular formula is C22H27NO6. The molecule has 0 heterocycles. The summed E-state index contributed by atoms with van der Waals surface area (Å²) in [5.41, 5.74) is 0.732. The Kier molecular flexibility index (Phi) is 7.88. The van der Waals surface area contributed by atoms with Crippen molar-refractivity contribution in [2.45, 2.75) is 20.0 Å². The minimum atomic E-state index is -1.07. The third-order valence-corrected chi connectivity index (χ3v) is 4.55. The average molecular weight is 401 g/mol. The lowest BCUT2D eigenvalue weighted by Crippen LogP contribution is -2.36. The smallest absolute Gasteiger partial charge is 0.343 e. The first-order valence-corrected chi connectivity index (χ1v) is 9.35. The van der Waals surface area contributed by atoms with Crippen molar-refractivity contribution in [2.75, 3.05) is 34.4 Å². The number of hydrogen-bond donors (Lipinski definition) is 0. The van der Waals surface area contributed by atoms with E-state index in [9.17, 15) is 9.59 Å². The van der Waals surface area contributed by atoms with Crippen LogP contribution in [0.15, 0.2) is 42.5 Å². The largest absolute Gasteiger partial charge is 0.496 e. The van der Waals surface area contributed by atoms with Gasteiger partial charge in [0.05, 0.1) is 21.3 Å². The van der Waals surface area contributed by atoms with Gasteiger partial charge in [-0.15, -0.1) is 0 Å². The predicted octanol–water partition coefficient (Wildman–Crippen LogP) is 3.48. The summed E-state index contributed by atoms with van der Waals surface area (Å²) < 4.78 is 21.5. The highest BCUT2D eigenvalue weighted by Crippen LogP contribution is 2.35. The first-order valence-electron chi connectivity index (χ1n) is 9.35. The molecule has 2 aromatic carbocycles. The summed E-state index contributed by atoms with van der Waals surface area (Å²) in [6.45, 7) is 4.77. The highest BCUT2D eigenvalue weighted by Gasteiger charge is 2.30. The second-order valence-corrected chi connectivity index (χ2v) is 6.11. The van der Waals surface area contributed by atoms with E-state index in [4.69, 9.17) is 18.9 Å². The maximum atomic E-state index is 13.0. The van der Waals surface area contributed by atoms with E-state index in [1.807, 2.05) is 19.9 Å². The van der Waals surface area contributed by atoms with E-state index in [1.54, 1.807) is 35.2 Å². The summed E-state index contributed by atoms with van der Waals surface area (Å²) in [5.74, 6) is 0.0483. The Labute approximate surface area is 171 Å². The molecule has 7 nitrogen and oxygen atoms in total. The molecule has 0 aliphatic heterocycles. The van der Waals surface area contributed by atoms with Crippen molar-refractivity contribution >= 4 is 11.9 Å². The number of rotatable bonds is 9. The second-order valence-electron chi connectivity index (χ2n) is 6.11. The number of ether oxygens (including phenoxy) is 4. The van der Waals surface area contributed by atoms with E-state index in [1.165, 1.54) is 27.4 Å². The number of esters is 1. The highest BCUT2D eigenvalue weighted by molar-refractivity contribution is 5.96. The molecule has 2 rings (SSSR count). The van der Waals surface area contributed by atoms with E-state index < -0.39 is 12.1 Å². The lowest BCUT2D eigenvalue weighted by atomic mass is 10.1. The quantitative estimate of drug-likeness (QED) is 0.599. The van der Waals surface area contributed by atoms with Crippen molar-refractivity contribution in [1.82, 2.24) is 4.90 Å². The molecule has 29 heavy (non-hydrogen) atoms. The lowest BCUT2D eigenvalue weighted by Gasteiger charge is -2.25. The summed E-state index contributed by atoms with van der Waals surface area (Å²) in [7, 11) is 4.40. The molecule has 1 atom stereocenters. The molecule has 0 aliphatic carbocycles. The van der Waals surface area contributed by atoms with Crippen LogP contribution in [-0.4, -0.2) is 51.2 Å². The Morgan fingerprint density at radius 2 is 1.41 bits per heavy atom. The van der Waals surface area contributed by atoms with Gasteiger partial charge in [-0.3, -0.25) is 4.79 Å². The number of carbonyl (C=O) groups excluding carboxylic acids is 2. The molecule has 7 heteroatoms. The lowest BCUT2D eigenvalue weighted by molar-refractivity contribution is -0.140. The number of carbonyl (C=O) groups is 2. The van der Waals surface area contributed by atoms with Crippen LogP contribution >= 0.6 is 0 Å². The minimum Gasteiger partial charge on any atom is -0.496 e. The average Bonchev–Trinajstić information content (AvgIpc) is 2.77. The second kappa shape index (κ2) is 10.4. The third-order valence-electron chi connectivity index (χ3n) is 4.55. The van der Waals surface area contributed by atoms with Gasteiger partial charge < -0.3 is 23.8 Å². The van der Waals surface area contributed by atoms with E-state index in [2.05, 4.69) is 0 Å². The topological polar surface area (TPSA) is 74.3 Å². The molecule has 0 unspecified atom stereocenters. The van der Waals surface area contributed by atoms with Crippen molar-refractivity contribution in [3.8, 4) is 17.2 Å². The van der Waals surface area contributed by atoms with Gasteiger partial charge in [0, 0.05) is 30.8 Å². The molecule has 0 spiro atoms. The number of benzene rings is 2. The van der Waals surface area contributed by atoms with Crippen LogP contribution < -0.4 is 14.2 Å². The Bertz CT molecular complexity index is 833. The number of nitrogens with zero attached hydrogens (tertiary/aromatic N) is 1. The molecule has 0 aromatic heterocycles. The fourth-order valence-corrected chi connectivity index (χ4v) is 2.95. The summed E-state index contributed by atoms with van der Waals surface area (Å²) >= 11 is 0. The standard InChI is InChI=1S/C22H27NO6/c1-6-23(7-2)21(24)20(15-11-9-8-10-12-15)29-22(25)16-13-18(27-4)19(28-5)14-17(16)26-3/h8-14,20H,6-7H2,1-5H3/t20-/m0/s1. The number of amides is 1. The fraction of sp³-hybridized carbons (Fsp3) is 0.364. The van der Waals surface area contributed by atoms with Gasteiger partial charge in [0.15, 0.2) is 11.5 Å². The molecular weight excluding hydrogens is 374 g/mol. The van der Waals surface area contributed by atoms with Crippen LogP contribution in [0.25, 0.3) is 0 Å². The number of likely N-dealkylation sites (N-methyl/N-ethyl adjacent to an activating group) is 1. The van der Waals surface area contributed by atoms with Gasteiger partial charge in [-0.2, -0.15) is 0 Å². The van der Waals surface area contributed by atoms with E-state index in [-0.39, 0.29) is 17.2 Å². The number of methoxy groups -OCH3 is 3. The Morgan fingerprint density at radius 1 is 0.862 bits per heavy atom. The molecule has 156 valence electrons. The molecule has 0 N–H and O–H groups in total. The zero-order valence-electron chi connectivity index (χ0n) is 17.4. The van der Waals surface area contributed by atoms with E-state index in [0.717, 1.165) is 0 Å². The molecule has 0 saturated carbocycles. The first-order chi connectivity index (χ1) is 14.0. The van der Waals surface area contributed by atoms with Crippen molar-refractivity contribution in [2.24, 2.45) is 0 Å². The van der Waals surface area contributed by atoms with Gasteiger partial charge in [0.25, 0.3) is 5.91 Å². The number of hydrogen-bond acceptors (Lipinski definition) is 6. The molecule has 0 fully saturated rings. The van der Waals surface area contributed by atoms with Crippen LogP contribution in [0.3, 0.4) is 0 Å². The highest BCUT2D eigenvalue weighted by atomic mass is 16.6. The summed E-state index contributed by atoms with van der Waals surface area (Å²) in [4.78, 5) is 27.7. The van der Waals surface area contributed by atoms with Crippen LogP contribution in [0.4, 0.5) is 0 Å². The van der Waals surface area contributed by atoms with Gasteiger partial charge >= 0.3 is 5.97 Å². The van der Waals surface area contributed by atoms with Crippen molar-refractivity contribution in [3.63, 3.8) is 0 Å². The van der Waals surface area contributed by atoms with Crippen molar-refractivity contribution in [3.05, 3.63) is 53.6 Å². The summed E-state index contributed by atoms with van der Waals surface area (Å²) in [6.07, 6.45) is -1.07. The maximum Gasteiger partial charge on any atom is 0.343 e. The van der Waals surface area contributed by atoms with Crippen LogP contribution in [0, 0.1) is 0 Å². The van der Waals surface area contributed by atoms with E-state index >= 15 is 0 Å². The van der Waals surface area contributed by atoms with Crippen LogP contribution in [-0.2, 0) is 9.53 Å². The first kappa shape index (κ1) is 22.1. The van der Waals surface area contributed by atoms with Gasteiger partial charge in [0.1, 0.15) is 11.3 Å². The molecule has 0 radical (unpaired) electrons. The minimum absolute atomic E-state index is 0.137. The molecule has 0 aliphatic rings. The van der Waals surface area contributed by atoms with Crippen molar-refractivity contribution in [1.29, 1.82) is 0 Å². The fourth-order valence-electron chi connectivity index (χ4n) is 2.95. The van der Waals surface area contributed by atoms with Gasteiger partial charge in [0.2, 0.25) is 6.10 Å². The van der Waals surface area contributed by atoms with Gasteiger partial charge in [-0.1, -0.05) is 30.3 Å². The van der Waals surface area contributed by atoms with E-state index in [0.29, 0.717) is 30.2 Å². The normalized spacial score (nSPS) is 11.3. The zero-order chi connectivity index (χ0) is 21.4. The zero-order valence-corrected chi connectivity index (χ0v) is 17.4.